The topological polar surface area (TPSA) is 54.2 Å². The molecule has 0 amide bonds. The molecule has 0 atom stereocenters. The van der Waals surface area contributed by atoms with Crippen molar-refractivity contribution in [1.82, 2.24) is 19.9 Å². The van der Waals surface area contributed by atoms with Crippen LogP contribution in [0.25, 0.3) is 0 Å². The molecule has 2 heterocycles. The van der Waals surface area contributed by atoms with Gasteiger partial charge in [0.25, 0.3) is 0 Å². The third-order valence-corrected chi connectivity index (χ3v) is 3.49. The zero-order valence-corrected chi connectivity index (χ0v) is 10.8. The van der Waals surface area contributed by atoms with E-state index in [-0.39, 0.29) is 0 Å². The standard InChI is InChI=1S/C12H22N4O/c1-3-6-16-7-4-12(17,5-8-16)9-11-10-15(2)14-13-11/h10,17H,3-9H2,1-2H3. The average molecular weight is 238 g/mol. The van der Waals surface area contributed by atoms with E-state index in [2.05, 4.69) is 22.1 Å². The third-order valence-electron chi connectivity index (χ3n) is 3.49. The lowest BCUT2D eigenvalue weighted by molar-refractivity contribution is -0.0212. The maximum Gasteiger partial charge on any atom is 0.0855 e. The molecule has 0 saturated carbocycles. The Morgan fingerprint density at radius 2 is 2.12 bits per heavy atom. The molecule has 1 aromatic rings. The number of nitrogens with zero attached hydrogens (tertiary/aromatic N) is 4. The van der Waals surface area contributed by atoms with Crippen LogP contribution in [0.2, 0.25) is 0 Å². The van der Waals surface area contributed by atoms with Gasteiger partial charge in [0, 0.05) is 32.8 Å². The fraction of sp³-hybridized carbons (Fsp3) is 0.833. The highest BCUT2D eigenvalue weighted by Crippen LogP contribution is 2.25. The lowest BCUT2D eigenvalue weighted by atomic mass is 9.87. The van der Waals surface area contributed by atoms with Crippen LogP contribution in [-0.4, -0.2) is 50.2 Å². The number of piperidine rings is 1. The number of likely N-dealkylation sites (tertiary alicyclic amines) is 1. The monoisotopic (exact) mass is 238 g/mol. The second-order valence-electron chi connectivity index (χ2n) is 5.13. The molecule has 5 heteroatoms. The SMILES string of the molecule is CCCN1CCC(O)(Cc2cn(C)nn2)CC1. The summed E-state index contributed by atoms with van der Waals surface area (Å²) in [6.45, 7) is 5.32. The molecule has 1 aliphatic rings. The van der Waals surface area contributed by atoms with Crippen LogP contribution in [0.1, 0.15) is 31.9 Å². The second kappa shape index (κ2) is 5.14. The summed E-state index contributed by atoms with van der Waals surface area (Å²) in [6, 6.07) is 0. The van der Waals surface area contributed by atoms with Gasteiger partial charge in [0.1, 0.15) is 0 Å². The maximum atomic E-state index is 10.5. The average Bonchev–Trinajstić information content (AvgIpc) is 2.68. The minimum absolute atomic E-state index is 0.583. The molecular weight excluding hydrogens is 216 g/mol. The van der Waals surface area contributed by atoms with Gasteiger partial charge in [0.2, 0.25) is 0 Å². The Kier molecular flexibility index (Phi) is 3.79. The molecule has 0 unspecified atom stereocenters. The van der Waals surface area contributed by atoms with E-state index in [1.807, 2.05) is 13.2 Å². The first-order chi connectivity index (χ1) is 8.11. The molecule has 1 N–H and O–H groups in total. The first-order valence-corrected chi connectivity index (χ1v) is 6.41. The number of hydrogen-bond donors (Lipinski definition) is 1. The van der Waals surface area contributed by atoms with Gasteiger partial charge >= 0.3 is 0 Å². The summed E-state index contributed by atoms with van der Waals surface area (Å²) in [5.74, 6) is 0. The molecule has 0 bridgehead atoms. The van der Waals surface area contributed by atoms with Crippen LogP contribution in [-0.2, 0) is 13.5 Å². The van der Waals surface area contributed by atoms with Gasteiger partial charge in [-0.05, 0) is 25.8 Å². The first kappa shape index (κ1) is 12.5. The summed E-state index contributed by atoms with van der Waals surface area (Å²) in [7, 11) is 1.85. The molecule has 1 aromatic heterocycles. The highest BCUT2D eigenvalue weighted by Gasteiger charge is 2.32. The summed E-state index contributed by atoms with van der Waals surface area (Å²) in [5.41, 5.74) is 0.305. The summed E-state index contributed by atoms with van der Waals surface area (Å²) >= 11 is 0. The van der Waals surface area contributed by atoms with E-state index in [0.29, 0.717) is 6.42 Å². The third kappa shape index (κ3) is 3.26. The quantitative estimate of drug-likeness (QED) is 0.834. The van der Waals surface area contributed by atoms with Crippen LogP contribution >= 0.6 is 0 Å². The number of hydrogen-bond acceptors (Lipinski definition) is 4. The van der Waals surface area contributed by atoms with Crippen molar-refractivity contribution in [3.8, 4) is 0 Å². The zero-order chi connectivity index (χ0) is 12.3. The van der Waals surface area contributed by atoms with Crippen LogP contribution in [0.5, 0.6) is 0 Å². The van der Waals surface area contributed by atoms with E-state index < -0.39 is 5.60 Å². The Labute approximate surface area is 102 Å². The van der Waals surface area contributed by atoms with Gasteiger partial charge in [-0.1, -0.05) is 12.1 Å². The minimum atomic E-state index is -0.583. The van der Waals surface area contributed by atoms with Crippen molar-refractivity contribution < 1.29 is 5.11 Å². The predicted octanol–water partition coefficient (Wildman–Crippen LogP) is 0.594. The molecule has 1 fully saturated rings. The minimum Gasteiger partial charge on any atom is -0.389 e. The van der Waals surface area contributed by atoms with E-state index in [1.165, 1.54) is 6.42 Å². The van der Waals surface area contributed by atoms with Crippen molar-refractivity contribution in [2.24, 2.45) is 7.05 Å². The van der Waals surface area contributed by atoms with Gasteiger partial charge in [-0.3, -0.25) is 4.68 Å². The smallest absolute Gasteiger partial charge is 0.0855 e. The fourth-order valence-corrected chi connectivity index (χ4v) is 2.50. The van der Waals surface area contributed by atoms with Gasteiger partial charge in [-0.25, -0.2) is 0 Å². The Morgan fingerprint density at radius 3 is 2.65 bits per heavy atom. The van der Waals surface area contributed by atoms with Crippen molar-refractivity contribution >= 4 is 0 Å². The van der Waals surface area contributed by atoms with Crippen molar-refractivity contribution in [3.63, 3.8) is 0 Å². The molecule has 1 aliphatic heterocycles. The van der Waals surface area contributed by atoms with E-state index in [4.69, 9.17) is 0 Å². The van der Waals surface area contributed by atoms with Gasteiger partial charge in [0.15, 0.2) is 0 Å². The van der Waals surface area contributed by atoms with Gasteiger partial charge < -0.3 is 10.0 Å². The van der Waals surface area contributed by atoms with Crippen LogP contribution in [0, 0.1) is 0 Å². The Hall–Kier alpha value is -0.940. The number of rotatable bonds is 4. The summed E-state index contributed by atoms with van der Waals surface area (Å²) in [5, 5.41) is 18.5. The molecule has 5 nitrogen and oxygen atoms in total. The fourth-order valence-electron chi connectivity index (χ4n) is 2.50. The second-order valence-corrected chi connectivity index (χ2v) is 5.13. The number of aliphatic hydroxyl groups is 1. The molecule has 1 saturated heterocycles. The highest BCUT2D eigenvalue weighted by molar-refractivity contribution is 5.01. The predicted molar refractivity (Wildman–Crippen MR) is 65.6 cm³/mol. The van der Waals surface area contributed by atoms with E-state index in [0.717, 1.165) is 38.2 Å². The lowest BCUT2D eigenvalue weighted by Gasteiger charge is -2.37. The van der Waals surface area contributed by atoms with Crippen molar-refractivity contribution in [3.05, 3.63) is 11.9 Å². The molecule has 17 heavy (non-hydrogen) atoms. The Morgan fingerprint density at radius 1 is 1.41 bits per heavy atom. The first-order valence-electron chi connectivity index (χ1n) is 6.41. The molecule has 96 valence electrons. The van der Waals surface area contributed by atoms with E-state index in [9.17, 15) is 5.11 Å². The zero-order valence-electron chi connectivity index (χ0n) is 10.8. The van der Waals surface area contributed by atoms with E-state index in [1.54, 1.807) is 4.68 Å². The van der Waals surface area contributed by atoms with Gasteiger partial charge in [-0.2, -0.15) is 0 Å². The normalized spacial score (nSPS) is 20.6. The molecule has 0 aromatic carbocycles. The highest BCUT2D eigenvalue weighted by atomic mass is 16.3. The number of aryl methyl sites for hydroxylation is 1. The van der Waals surface area contributed by atoms with Gasteiger partial charge in [-0.15, -0.1) is 5.10 Å². The van der Waals surface area contributed by atoms with Crippen molar-refractivity contribution in [2.75, 3.05) is 19.6 Å². The Bertz CT molecular complexity index is 355. The van der Waals surface area contributed by atoms with Gasteiger partial charge in [0.05, 0.1) is 11.3 Å². The molecular formula is C12H22N4O. The van der Waals surface area contributed by atoms with Crippen molar-refractivity contribution in [1.29, 1.82) is 0 Å². The largest absolute Gasteiger partial charge is 0.389 e. The van der Waals surface area contributed by atoms with Crippen LogP contribution in [0.3, 0.4) is 0 Å². The van der Waals surface area contributed by atoms with Crippen molar-refractivity contribution in [2.45, 2.75) is 38.2 Å². The summed E-state index contributed by atoms with van der Waals surface area (Å²) in [4.78, 5) is 2.42. The summed E-state index contributed by atoms with van der Waals surface area (Å²) in [6.07, 6.45) is 5.37. The number of aromatic nitrogens is 3. The lowest BCUT2D eigenvalue weighted by Crippen LogP contribution is -2.45. The summed E-state index contributed by atoms with van der Waals surface area (Å²) < 4.78 is 1.69. The van der Waals surface area contributed by atoms with E-state index >= 15 is 0 Å². The maximum absolute atomic E-state index is 10.5. The van der Waals surface area contributed by atoms with Crippen LogP contribution in [0.4, 0.5) is 0 Å². The van der Waals surface area contributed by atoms with Crippen LogP contribution in [0.15, 0.2) is 6.20 Å². The molecule has 0 aliphatic carbocycles. The molecule has 2 rings (SSSR count). The molecule has 0 radical (unpaired) electrons. The van der Waals surface area contributed by atoms with Crippen LogP contribution < -0.4 is 0 Å². The molecule has 0 spiro atoms. The Balaban J connectivity index is 1.89.